The summed E-state index contributed by atoms with van der Waals surface area (Å²) in [6.45, 7) is 6.60. The van der Waals surface area contributed by atoms with Crippen molar-refractivity contribution in [1.29, 1.82) is 0 Å². The second kappa shape index (κ2) is 11.0. The van der Waals surface area contributed by atoms with Crippen LogP contribution in [0.5, 0.6) is 0 Å². The third-order valence-corrected chi connectivity index (χ3v) is 12.1. The van der Waals surface area contributed by atoms with Crippen LogP contribution in [-0.4, -0.2) is 0 Å². The largest absolute Gasteiger partial charge is 0.310 e. The lowest BCUT2D eigenvalue weighted by atomic mass is 9.68. The van der Waals surface area contributed by atoms with Crippen molar-refractivity contribution in [3.05, 3.63) is 209 Å². The van der Waals surface area contributed by atoms with Gasteiger partial charge in [0.25, 0.3) is 0 Å². The zero-order valence-electron chi connectivity index (χ0n) is 30.1. The Labute approximate surface area is 310 Å². The number of rotatable bonds is 3. The number of anilines is 3. The fraction of sp³-hybridized carbons (Fsp3) is 0.0769. The van der Waals surface area contributed by atoms with Crippen molar-refractivity contribution in [1.82, 2.24) is 0 Å². The van der Waals surface area contributed by atoms with Crippen LogP contribution in [0, 0.1) is 20.8 Å². The van der Waals surface area contributed by atoms with Crippen molar-refractivity contribution in [2.45, 2.75) is 26.2 Å². The van der Waals surface area contributed by atoms with Gasteiger partial charge in [0.05, 0.1) is 11.1 Å². The SMILES string of the molecule is Cc1ccc(N(c2cc(C)ccc2C)c2cc3c(c4ccccc24)C2(c4ccccc4-c4ccccc42)c2c-3c3ccccc3c3ccccc23)cc1. The second-order valence-corrected chi connectivity index (χ2v) is 15.0. The Morgan fingerprint density at radius 2 is 0.887 bits per heavy atom. The van der Waals surface area contributed by atoms with E-state index in [0.717, 1.165) is 5.69 Å². The van der Waals surface area contributed by atoms with Crippen LogP contribution in [0.4, 0.5) is 17.1 Å². The molecular weight excluding hydrogens is 639 g/mol. The highest BCUT2D eigenvalue weighted by molar-refractivity contribution is 6.22. The predicted molar refractivity (Wildman–Crippen MR) is 224 cm³/mol. The molecule has 11 rings (SSSR count). The van der Waals surface area contributed by atoms with Gasteiger partial charge in [-0.3, -0.25) is 0 Å². The van der Waals surface area contributed by atoms with Crippen molar-refractivity contribution in [3.63, 3.8) is 0 Å². The molecule has 0 amide bonds. The molecule has 250 valence electrons. The van der Waals surface area contributed by atoms with Gasteiger partial charge in [-0.25, -0.2) is 0 Å². The molecule has 1 spiro atoms. The maximum Gasteiger partial charge on any atom is 0.0737 e. The summed E-state index contributed by atoms with van der Waals surface area (Å²) in [6, 6.07) is 64.1. The van der Waals surface area contributed by atoms with Gasteiger partial charge in [0.2, 0.25) is 0 Å². The first-order valence-electron chi connectivity index (χ1n) is 18.7. The van der Waals surface area contributed by atoms with Gasteiger partial charge in [-0.15, -0.1) is 0 Å². The molecule has 0 atom stereocenters. The molecule has 9 aromatic carbocycles. The maximum atomic E-state index is 2.54. The first-order valence-corrected chi connectivity index (χ1v) is 18.7. The second-order valence-electron chi connectivity index (χ2n) is 15.0. The van der Waals surface area contributed by atoms with E-state index in [1.807, 2.05) is 0 Å². The van der Waals surface area contributed by atoms with Gasteiger partial charge in [0, 0.05) is 16.8 Å². The van der Waals surface area contributed by atoms with Crippen LogP contribution in [0.15, 0.2) is 170 Å². The van der Waals surface area contributed by atoms with Gasteiger partial charge >= 0.3 is 0 Å². The predicted octanol–water partition coefficient (Wildman–Crippen LogP) is 13.9. The Morgan fingerprint density at radius 1 is 0.377 bits per heavy atom. The fourth-order valence-electron chi connectivity index (χ4n) is 9.91. The van der Waals surface area contributed by atoms with Crippen molar-refractivity contribution in [2.24, 2.45) is 0 Å². The van der Waals surface area contributed by atoms with Crippen LogP contribution in [-0.2, 0) is 5.41 Å². The van der Waals surface area contributed by atoms with E-state index in [0.29, 0.717) is 0 Å². The Bertz CT molecular complexity index is 2940. The van der Waals surface area contributed by atoms with Crippen molar-refractivity contribution in [3.8, 4) is 22.3 Å². The quantitative estimate of drug-likeness (QED) is 0.169. The van der Waals surface area contributed by atoms with Crippen LogP contribution in [0.25, 0.3) is 54.6 Å². The standard InChI is InChI=1S/C52H37N/c1-32-25-28-35(29-26-32)53(47-30-33(2)24-27-34(47)3)48-31-44-49-41-19-7-4-14-36(41)37-15-5-8-20-42(37)51(49)52(50(44)43-21-9-6-18-40(43)48)45-22-12-10-16-38(45)39-17-11-13-23-46(39)52/h4-31H,1-3H3. The average Bonchev–Trinajstić information content (AvgIpc) is 3.68. The minimum Gasteiger partial charge on any atom is -0.310 e. The average molecular weight is 676 g/mol. The molecule has 2 aliphatic carbocycles. The van der Waals surface area contributed by atoms with Crippen molar-refractivity contribution >= 4 is 49.4 Å². The maximum absolute atomic E-state index is 2.54. The summed E-state index contributed by atoms with van der Waals surface area (Å²) in [5.74, 6) is 0. The third kappa shape index (κ3) is 3.97. The molecule has 0 saturated heterocycles. The summed E-state index contributed by atoms with van der Waals surface area (Å²) in [5.41, 5.74) is 17.6. The molecule has 1 heteroatoms. The monoisotopic (exact) mass is 675 g/mol. The van der Waals surface area contributed by atoms with Gasteiger partial charge in [-0.2, -0.15) is 0 Å². The van der Waals surface area contributed by atoms with E-state index in [2.05, 4.69) is 196 Å². The first kappa shape index (κ1) is 30.2. The molecule has 1 nitrogen and oxygen atoms in total. The van der Waals surface area contributed by atoms with Crippen molar-refractivity contribution < 1.29 is 0 Å². The number of fused-ring (bicyclic) bond motifs is 17. The topological polar surface area (TPSA) is 3.24 Å². The van der Waals surface area contributed by atoms with E-state index in [4.69, 9.17) is 0 Å². The van der Waals surface area contributed by atoms with Crippen LogP contribution < -0.4 is 4.90 Å². The third-order valence-electron chi connectivity index (χ3n) is 12.1. The first-order chi connectivity index (χ1) is 26.1. The van der Waals surface area contributed by atoms with Gasteiger partial charge < -0.3 is 4.90 Å². The highest BCUT2D eigenvalue weighted by Gasteiger charge is 2.54. The molecule has 0 aliphatic heterocycles. The number of hydrogen-bond acceptors (Lipinski definition) is 1. The van der Waals surface area contributed by atoms with E-state index in [1.54, 1.807) is 0 Å². The summed E-state index contributed by atoms with van der Waals surface area (Å²) in [5, 5.41) is 7.75. The van der Waals surface area contributed by atoms with E-state index >= 15 is 0 Å². The number of hydrogen-bond donors (Lipinski definition) is 0. The zero-order chi connectivity index (χ0) is 35.4. The van der Waals surface area contributed by atoms with Crippen LogP contribution >= 0.6 is 0 Å². The van der Waals surface area contributed by atoms with Gasteiger partial charge in [0.15, 0.2) is 0 Å². The van der Waals surface area contributed by atoms with Crippen LogP contribution in [0.1, 0.15) is 38.9 Å². The minimum absolute atomic E-state index is 0.506. The molecule has 53 heavy (non-hydrogen) atoms. The summed E-state index contributed by atoms with van der Waals surface area (Å²) in [4.78, 5) is 2.51. The highest BCUT2D eigenvalue weighted by Crippen LogP contribution is 2.67. The molecule has 0 unspecified atom stereocenters. The summed E-state index contributed by atoms with van der Waals surface area (Å²) in [6.07, 6.45) is 0. The lowest BCUT2D eigenvalue weighted by Gasteiger charge is -2.34. The molecule has 2 aliphatic rings. The van der Waals surface area contributed by atoms with Gasteiger partial charge in [-0.05, 0) is 128 Å². The van der Waals surface area contributed by atoms with E-state index in [9.17, 15) is 0 Å². The molecule has 0 bridgehead atoms. The van der Waals surface area contributed by atoms with E-state index < -0.39 is 5.41 Å². The van der Waals surface area contributed by atoms with E-state index in [-0.39, 0.29) is 0 Å². The van der Waals surface area contributed by atoms with Gasteiger partial charge in [0.1, 0.15) is 0 Å². The molecule has 0 fully saturated rings. The summed E-state index contributed by atoms with van der Waals surface area (Å²) < 4.78 is 0. The molecular formula is C52H37N. The molecule has 0 saturated carbocycles. The lowest BCUT2D eigenvalue weighted by molar-refractivity contribution is 0.809. The highest BCUT2D eigenvalue weighted by atomic mass is 15.1. The van der Waals surface area contributed by atoms with E-state index in [1.165, 1.54) is 105 Å². The normalized spacial score (nSPS) is 13.3. The lowest BCUT2D eigenvalue weighted by Crippen LogP contribution is -2.26. The minimum atomic E-state index is -0.506. The Hall–Kier alpha value is -6.44. The Kier molecular flexibility index (Phi) is 6.29. The number of nitrogens with zero attached hydrogens (tertiary/aromatic N) is 1. The fourth-order valence-corrected chi connectivity index (χ4v) is 9.91. The molecule has 0 N–H and O–H groups in total. The van der Waals surface area contributed by atoms with Crippen LogP contribution in [0.2, 0.25) is 0 Å². The summed E-state index contributed by atoms with van der Waals surface area (Å²) in [7, 11) is 0. The van der Waals surface area contributed by atoms with Crippen molar-refractivity contribution in [2.75, 3.05) is 4.90 Å². The molecule has 0 aromatic heterocycles. The molecule has 0 heterocycles. The number of aryl methyl sites for hydroxylation is 3. The summed E-state index contributed by atoms with van der Waals surface area (Å²) >= 11 is 0. The molecule has 9 aromatic rings. The molecule has 0 radical (unpaired) electrons. The van der Waals surface area contributed by atoms with Crippen LogP contribution in [0.3, 0.4) is 0 Å². The smallest absolute Gasteiger partial charge is 0.0737 e. The number of benzene rings is 9. The Balaban J connectivity index is 1.39. The van der Waals surface area contributed by atoms with Gasteiger partial charge in [-0.1, -0.05) is 151 Å². The zero-order valence-corrected chi connectivity index (χ0v) is 30.1. The Morgan fingerprint density at radius 3 is 1.55 bits per heavy atom.